The molecule has 0 saturated heterocycles. The third-order valence-electron chi connectivity index (χ3n) is 3.25. The molecule has 21 heavy (non-hydrogen) atoms. The van der Waals surface area contributed by atoms with E-state index in [1.54, 1.807) is 6.07 Å². The number of halogens is 2. The number of aryl methyl sites for hydroxylation is 1. The summed E-state index contributed by atoms with van der Waals surface area (Å²) < 4.78 is 8.24. The van der Waals surface area contributed by atoms with Crippen molar-refractivity contribution in [1.29, 1.82) is 0 Å². The monoisotopic (exact) mass is 415 g/mol. The van der Waals surface area contributed by atoms with Crippen LogP contribution in [0.1, 0.15) is 21.6 Å². The van der Waals surface area contributed by atoms with E-state index in [1.165, 1.54) is 7.11 Å². The molecule has 1 aromatic heterocycles. The zero-order valence-corrected chi connectivity index (χ0v) is 15.1. The van der Waals surface area contributed by atoms with Gasteiger partial charge in [0.1, 0.15) is 0 Å². The first kappa shape index (κ1) is 16.0. The first-order valence-corrected chi connectivity index (χ1v) is 7.81. The van der Waals surface area contributed by atoms with E-state index in [2.05, 4.69) is 42.3 Å². The molecule has 5 nitrogen and oxygen atoms in total. The maximum Gasteiger partial charge on any atom is 0.340 e. The lowest BCUT2D eigenvalue weighted by Gasteiger charge is -2.13. The van der Waals surface area contributed by atoms with E-state index in [-0.39, 0.29) is 5.97 Å². The number of carbonyl (C=O) groups excluding carboxylic acids is 1. The Morgan fingerprint density at radius 1 is 1.43 bits per heavy atom. The highest BCUT2D eigenvalue weighted by Crippen LogP contribution is 2.31. The highest BCUT2D eigenvalue weighted by Gasteiger charge is 2.16. The fourth-order valence-electron chi connectivity index (χ4n) is 1.93. The molecule has 0 aliphatic heterocycles. The summed E-state index contributed by atoms with van der Waals surface area (Å²) in [6.45, 7) is 2.58. The second-order valence-electron chi connectivity index (χ2n) is 4.53. The third-order valence-corrected chi connectivity index (χ3v) is 4.34. The van der Waals surface area contributed by atoms with Gasteiger partial charge in [0, 0.05) is 33.8 Å². The summed E-state index contributed by atoms with van der Waals surface area (Å²) in [5.41, 5.74) is 3.33. The van der Waals surface area contributed by atoms with Crippen LogP contribution >= 0.6 is 31.9 Å². The van der Waals surface area contributed by atoms with Crippen molar-refractivity contribution < 1.29 is 9.53 Å². The van der Waals surface area contributed by atoms with E-state index in [0.29, 0.717) is 17.8 Å². The number of nitrogens with zero attached hydrogens (tertiary/aromatic N) is 2. The lowest BCUT2D eigenvalue weighted by molar-refractivity contribution is 0.0601. The van der Waals surface area contributed by atoms with Crippen molar-refractivity contribution >= 4 is 43.5 Å². The average molecular weight is 417 g/mol. The van der Waals surface area contributed by atoms with Crippen LogP contribution in [0.25, 0.3) is 0 Å². The number of hydrogen-bond donors (Lipinski definition) is 1. The minimum atomic E-state index is -0.387. The molecule has 112 valence electrons. The fourth-order valence-corrected chi connectivity index (χ4v) is 3.29. The fraction of sp³-hybridized carbons (Fsp3) is 0.286. The standard InChI is InChI=1S/C14H15Br2N3O2/c1-8-9(7-18-19(8)2)6-17-13-11(14(20)21-3)4-10(15)5-12(13)16/h4-5,7,17H,6H2,1-3H3. The van der Waals surface area contributed by atoms with E-state index in [9.17, 15) is 4.79 Å². The van der Waals surface area contributed by atoms with Crippen molar-refractivity contribution in [3.05, 3.63) is 44.1 Å². The molecular weight excluding hydrogens is 402 g/mol. The molecule has 0 radical (unpaired) electrons. The van der Waals surface area contributed by atoms with E-state index in [4.69, 9.17) is 4.74 Å². The minimum absolute atomic E-state index is 0.387. The normalized spacial score (nSPS) is 10.5. The predicted molar refractivity (Wildman–Crippen MR) is 88.5 cm³/mol. The number of methoxy groups -OCH3 is 1. The number of ether oxygens (including phenoxy) is 1. The molecule has 0 spiro atoms. The first-order chi connectivity index (χ1) is 9.93. The van der Waals surface area contributed by atoms with Gasteiger partial charge >= 0.3 is 5.97 Å². The Morgan fingerprint density at radius 2 is 2.14 bits per heavy atom. The Bertz CT molecular complexity index is 683. The maximum absolute atomic E-state index is 11.9. The minimum Gasteiger partial charge on any atom is -0.465 e. The van der Waals surface area contributed by atoms with Gasteiger partial charge in [-0.05, 0) is 35.0 Å². The second-order valence-corrected chi connectivity index (χ2v) is 6.30. The van der Waals surface area contributed by atoms with Gasteiger partial charge in [0.25, 0.3) is 0 Å². The molecule has 2 rings (SSSR count). The summed E-state index contributed by atoms with van der Waals surface area (Å²) >= 11 is 6.85. The SMILES string of the molecule is COC(=O)c1cc(Br)cc(Br)c1NCc1cnn(C)c1C. The van der Waals surface area contributed by atoms with Gasteiger partial charge in [0.2, 0.25) is 0 Å². The van der Waals surface area contributed by atoms with E-state index in [0.717, 1.165) is 20.2 Å². The number of benzene rings is 1. The summed E-state index contributed by atoms with van der Waals surface area (Å²) in [5.74, 6) is -0.387. The largest absolute Gasteiger partial charge is 0.465 e. The van der Waals surface area contributed by atoms with Crippen LogP contribution in [0.4, 0.5) is 5.69 Å². The molecule has 2 aromatic rings. The van der Waals surface area contributed by atoms with Crippen molar-refractivity contribution in [2.75, 3.05) is 12.4 Å². The Morgan fingerprint density at radius 3 is 2.71 bits per heavy atom. The summed E-state index contributed by atoms with van der Waals surface area (Å²) in [6.07, 6.45) is 1.81. The van der Waals surface area contributed by atoms with Gasteiger partial charge in [-0.1, -0.05) is 15.9 Å². The Balaban J connectivity index is 2.31. The van der Waals surface area contributed by atoms with Gasteiger partial charge in [0.05, 0.1) is 24.6 Å². The topological polar surface area (TPSA) is 56.1 Å². The van der Waals surface area contributed by atoms with Gasteiger partial charge in [-0.3, -0.25) is 4.68 Å². The van der Waals surface area contributed by atoms with Gasteiger partial charge in [-0.15, -0.1) is 0 Å². The highest BCUT2D eigenvalue weighted by molar-refractivity contribution is 9.11. The number of anilines is 1. The van der Waals surface area contributed by atoms with Crippen molar-refractivity contribution in [2.24, 2.45) is 7.05 Å². The molecule has 0 unspecified atom stereocenters. The van der Waals surface area contributed by atoms with Crippen LogP contribution in [0.5, 0.6) is 0 Å². The Hall–Kier alpha value is -1.34. The molecule has 0 bridgehead atoms. The molecule has 1 N–H and O–H groups in total. The summed E-state index contributed by atoms with van der Waals surface area (Å²) in [7, 11) is 3.26. The Kier molecular flexibility index (Phi) is 5.05. The molecule has 0 saturated carbocycles. The molecule has 1 aromatic carbocycles. The van der Waals surface area contributed by atoms with Crippen LogP contribution in [0.15, 0.2) is 27.3 Å². The number of rotatable bonds is 4. The van der Waals surface area contributed by atoms with Crippen LogP contribution in [0.3, 0.4) is 0 Å². The lowest BCUT2D eigenvalue weighted by Crippen LogP contribution is -2.09. The predicted octanol–water partition coefficient (Wildman–Crippen LogP) is 3.65. The molecule has 0 aliphatic rings. The Labute approximate surface area is 139 Å². The molecule has 1 heterocycles. The number of hydrogen-bond acceptors (Lipinski definition) is 4. The quantitative estimate of drug-likeness (QED) is 0.772. The van der Waals surface area contributed by atoms with Crippen LogP contribution in [0, 0.1) is 6.92 Å². The van der Waals surface area contributed by atoms with Gasteiger partial charge in [0.15, 0.2) is 0 Å². The molecular formula is C14H15Br2N3O2. The summed E-state index contributed by atoms with van der Waals surface area (Å²) in [6, 6.07) is 3.61. The van der Waals surface area contributed by atoms with Gasteiger partial charge in [-0.2, -0.15) is 5.10 Å². The highest BCUT2D eigenvalue weighted by atomic mass is 79.9. The number of esters is 1. The van der Waals surface area contributed by atoms with Crippen LogP contribution < -0.4 is 5.32 Å². The van der Waals surface area contributed by atoms with E-state index < -0.39 is 0 Å². The zero-order valence-electron chi connectivity index (χ0n) is 11.9. The van der Waals surface area contributed by atoms with E-state index in [1.807, 2.05) is 30.9 Å². The smallest absolute Gasteiger partial charge is 0.340 e. The van der Waals surface area contributed by atoms with E-state index >= 15 is 0 Å². The summed E-state index contributed by atoms with van der Waals surface area (Å²) in [5, 5.41) is 7.48. The zero-order chi connectivity index (χ0) is 15.6. The molecule has 7 heteroatoms. The maximum atomic E-state index is 11.9. The first-order valence-electron chi connectivity index (χ1n) is 6.22. The number of aromatic nitrogens is 2. The van der Waals surface area contributed by atoms with Crippen molar-refractivity contribution in [3.63, 3.8) is 0 Å². The van der Waals surface area contributed by atoms with Crippen molar-refractivity contribution in [1.82, 2.24) is 9.78 Å². The van der Waals surface area contributed by atoms with Crippen molar-refractivity contribution in [2.45, 2.75) is 13.5 Å². The molecule has 0 fully saturated rings. The third kappa shape index (κ3) is 3.47. The lowest BCUT2D eigenvalue weighted by atomic mass is 10.1. The van der Waals surface area contributed by atoms with Crippen LogP contribution in [-0.2, 0) is 18.3 Å². The molecule has 0 aliphatic carbocycles. The van der Waals surface area contributed by atoms with Crippen LogP contribution in [-0.4, -0.2) is 22.9 Å². The second kappa shape index (κ2) is 6.62. The molecule has 0 amide bonds. The summed E-state index contributed by atoms with van der Waals surface area (Å²) in [4.78, 5) is 11.9. The molecule has 0 atom stereocenters. The number of carbonyl (C=O) groups is 1. The van der Waals surface area contributed by atoms with Gasteiger partial charge < -0.3 is 10.1 Å². The van der Waals surface area contributed by atoms with Gasteiger partial charge in [-0.25, -0.2) is 4.79 Å². The number of nitrogens with one attached hydrogen (secondary N) is 1. The van der Waals surface area contributed by atoms with Crippen molar-refractivity contribution in [3.8, 4) is 0 Å². The van der Waals surface area contributed by atoms with Crippen LogP contribution in [0.2, 0.25) is 0 Å². The average Bonchev–Trinajstić information content (AvgIpc) is 2.76.